The summed E-state index contributed by atoms with van der Waals surface area (Å²) in [5, 5.41) is 6.46. The van der Waals surface area contributed by atoms with Crippen LogP contribution in [0.15, 0.2) is 46.3 Å². The van der Waals surface area contributed by atoms with Gasteiger partial charge in [0.1, 0.15) is 6.61 Å². The van der Waals surface area contributed by atoms with Gasteiger partial charge in [0, 0.05) is 23.5 Å². The van der Waals surface area contributed by atoms with Gasteiger partial charge in [-0.3, -0.25) is 0 Å². The van der Waals surface area contributed by atoms with Crippen LogP contribution in [0.25, 0.3) is 0 Å². The largest absolute Gasteiger partial charge is 0.445 e. The molecule has 1 aromatic heterocycles. The van der Waals surface area contributed by atoms with Crippen LogP contribution in [0.1, 0.15) is 23.3 Å². The van der Waals surface area contributed by atoms with E-state index in [4.69, 9.17) is 4.74 Å². The molecule has 2 aromatic rings. The minimum Gasteiger partial charge on any atom is -0.445 e. The van der Waals surface area contributed by atoms with Crippen molar-refractivity contribution < 1.29 is 9.53 Å². The fraction of sp³-hybridized carbons (Fsp3) is 0.389. The third-order valence-corrected chi connectivity index (χ3v) is 5.79. The summed E-state index contributed by atoms with van der Waals surface area (Å²) < 4.78 is 6.42. The lowest BCUT2D eigenvalue weighted by Crippen LogP contribution is -2.52. The Labute approximate surface area is 154 Å². The summed E-state index contributed by atoms with van der Waals surface area (Å²) in [6, 6.07) is 14.7. The van der Waals surface area contributed by atoms with Gasteiger partial charge >= 0.3 is 6.09 Å². The topological polar surface area (TPSA) is 50.4 Å². The molecule has 1 heterocycles. The van der Waals surface area contributed by atoms with Crippen LogP contribution < -0.4 is 10.6 Å². The number of hydrogen-bond donors (Lipinski definition) is 2. The zero-order chi connectivity index (χ0) is 16.8. The third kappa shape index (κ3) is 5.33. The molecule has 24 heavy (non-hydrogen) atoms. The summed E-state index contributed by atoms with van der Waals surface area (Å²) in [6.07, 6.45) is 2.65. The number of hydrogen-bond acceptors (Lipinski definition) is 4. The number of carbonyl (C=O) groups is 1. The molecule has 6 heteroatoms. The highest BCUT2D eigenvalue weighted by Crippen LogP contribution is 2.23. The zero-order valence-corrected chi connectivity index (χ0v) is 15.7. The molecule has 0 bridgehead atoms. The Balaban J connectivity index is 1.26. The van der Waals surface area contributed by atoms with Crippen molar-refractivity contribution in [2.24, 2.45) is 0 Å². The molecule has 1 aromatic carbocycles. The number of halogens is 1. The van der Waals surface area contributed by atoms with Crippen molar-refractivity contribution in [3.05, 3.63) is 56.7 Å². The van der Waals surface area contributed by atoms with Crippen LogP contribution in [-0.2, 0) is 17.8 Å². The summed E-state index contributed by atoms with van der Waals surface area (Å²) in [4.78, 5) is 13.2. The van der Waals surface area contributed by atoms with E-state index in [9.17, 15) is 4.79 Å². The van der Waals surface area contributed by atoms with Crippen molar-refractivity contribution in [1.82, 2.24) is 10.6 Å². The molecule has 0 atom stereocenters. The monoisotopic (exact) mass is 408 g/mol. The number of thiophene rings is 1. The van der Waals surface area contributed by atoms with Gasteiger partial charge in [0.2, 0.25) is 0 Å². The molecular formula is C18H21BrN2O2S. The van der Waals surface area contributed by atoms with E-state index in [0.29, 0.717) is 12.6 Å². The number of alkyl carbamates (subject to hydrolysis) is 1. The van der Waals surface area contributed by atoms with E-state index in [0.717, 1.165) is 31.4 Å². The Morgan fingerprint density at radius 1 is 1.17 bits per heavy atom. The van der Waals surface area contributed by atoms with Crippen LogP contribution in [0.5, 0.6) is 0 Å². The van der Waals surface area contributed by atoms with Gasteiger partial charge in [-0.2, -0.15) is 0 Å². The Morgan fingerprint density at radius 2 is 1.96 bits per heavy atom. The van der Waals surface area contributed by atoms with Crippen molar-refractivity contribution in [2.75, 3.05) is 6.54 Å². The van der Waals surface area contributed by atoms with Gasteiger partial charge < -0.3 is 15.4 Å². The highest BCUT2D eigenvalue weighted by Gasteiger charge is 2.30. The van der Waals surface area contributed by atoms with Crippen molar-refractivity contribution >= 4 is 33.4 Å². The van der Waals surface area contributed by atoms with Crippen LogP contribution >= 0.6 is 27.3 Å². The van der Waals surface area contributed by atoms with Gasteiger partial charge in [-0.15, -0.1) is 11.3 Å². The number of nitrogens with one attached hydrogen (secondary N) is 2. The number of amides is 1. The smallest absolute Gasteiger partial charge is 0.407 e. The average Bonchev–Trinajstić information content (AvgIpc) is 2.97. The molecular weight excluding hydrogens is 388 g/mol. The molecule has 1 aliphatic carbocycles. The summed E-state index contributed by atoms with van der Waals surface area (Å²) >= 11 is 5.26. The maximum Gasteiger partial charge on any atom is 0.407 e. The second kappa shape index (κ2) is 8.65. The van der Waals surface area contributed by atoms with Gasteiger partial charge in [-0.25, -0.2) is 4.79 Å². The lowest BCUT2D eigenvalue weighted by atomic mass is 9.87. The summed E-state index contributed by atoms with van der Waals surface area (Å²) in [5.41, 5.74) is 1.00. The number of rotatable bonds is 7. The average molecular weight is 409 g/mol. The molecule has 0 radical (unpaired) electrons. The highest BCUT2D eigenvalue weighted by atomic mass is 79.9. The van der Waals surface area contributed by atoms with E-state index in [1.165, 1.54) is 8.66 Å². The molecule has 0 saturated heterocycles. The van der Waals surface area contributed by atoms with Crippen LogP contribution in [0.2, 0.25) is 0 Å². The molecule has 3 rings (SSSR count). The SMILES string of the molecule is O=C(NC1CC(NCCc2ccc(Br)s2)C1)OCc1ccccc1. The van der Waals surface area contributed by atoms with Crippen molar-refractivity contribution in [2.45, 2.75) is 38.0 Å². The molecule has 1 amide bonds. The van der Waals surface area contributed by atoms with Gasteiger partial charge in [-0.1, -0.05) is 30.3 Å². The van der Waals surface area contributed by atoms with Gasteiger partial charge in [0.25, 0.3) is 0 Å². The molecule has 4 nitrogen and oxygen atoms in total. The predicted molar refractivity (Wildman–Crippen MR) is 100 cm³/mol. The van der Waals surface area contributed by atoms with E-state index >= 15 is 0 Å². The summed E-state index contributed by atoms with van der Waals surface area (Å²) in [7, 11) is 0. The van der Waals surface area contributed by atoms with Gasteiger partial charge in [0.15, 0.2) is 0 Å². The van der Waals surface area contributed by atoms with Crippen molar-refractivity contribution in [3.8, 4) is 0 Å². The Morgan fingerprint density at radius 3 is 2.67 bits per heavy atom. The number of ether oxygens (including phenoxy) is 1. The van der Waals surface area contributed by atoms with Crippen LogP contribution in [-0.4, -0.2) is 24.7 Å². The van der Waals surface area contributed by atoms with E-state index in [1.54, 1.807) is 11.3 Å². The normalized spacial score (nSPS) is 19.5. The Hall–Kier alpha value is -1.37. The maximum absolute atomic E-state index is 11.8. The minimum absolute atomic E-state index is 0.224. The van der Waals surface area contributed by atoms with E-state index in [1.807, 2.05) is 30.3 Å². The number of benzene rings is 1. The zero-order valence-electron chi connectivity index (χ0n) is 13.3. The predicted octanol–water partition coefficient (Wildman–Crippen LogP) is 4.10. The van der Waals surface area contributed by atoms with Crippen molar-refractivity contribution in [3.63, 3.8) is 0 Å². The first-order chi connectivity index (χ1) is 11.7. The highest BCUT2D eigenvalue weighted by molar-refractivity contribution is 9.11. The second-order valence-corrected chi connectivity index (χ2v) is 8.53. The van der Waals surface area contributed by atoms with Crippen molar-refractivity contribution in [1.29, 1.82) is 0 Å². The van der Waals surface area contributed by atoms with E-state index in [-0.39, 0.29) is 12.1 Å². The second-order valence-electron chi connectivity index (χ2n) is 5.98. The molecule has 0 aliphatic heterocycles. The molecule has 0 spiro atoms. The van der Waals surface area contributed by atoms with E-state index in [2.05, 4.69) is 38.7 Å². The van der Waals surface area contributed by atoms with Gasteiger partial charge in [-0.05, 0) is 52.9 Å². The molecule has 1 saturated carbocycles. The lowest BCUT2D eigenvalue weighted by molar-refractivity contribution is 0.125. The Kier molecular flexibility index (Phi) is 6.29. The first kappa shape index (κ1) is 17.5. The number of carbonyl (C=O) groups excluding carboxylic acids is 1. The standard InChI is InChI=1S/C18H21BrN2O2S/c19-17-7-6-16(24-17)8-9-20-14-10-15(11-14)21-18(22)23-12-13-4-2-1-3-5-13/h1-7,14-15,20H,8-12H2,(H,21,22). The van der Waals surface area contributed by atoms with Crippen LogP contribution in [0.3, 0.4) is 0 Å². The van der Waals surface area contributed by atoms with Gasteiger partial charge in [0.05, 0.1) is 3.79 Å². The Bertz CT molecular complexity index is 656. The fourth-order valence-electron chi connectivity index (χ4n) is 2.72. The molecule has 1 fully saturated rings. The summed E-state index contributed by atoms with van der Waals surface area (Å²) in [6.45, 7) is 1.29. The molecule has 1 aliphatic rings. The molecule has 0 unspecified atom stereocenters. The van der Waals surface area contributed by atoms with Crippen LogP contribution in [0, 0.1) is 0 Å². The first-order valence-corrected chi connectivity index (χ1v) is 9.75. The first-order valence-electron chi connectivity index (χ1n) is 8.14. The maximum atomic E-state index is 11.8. The summed E-state index contributed by atoms with van der Waals surface area (Å²) in [5.74, 6) is 0. The van der Waals surface area contributed by atoms with Crippen LogP contribution in [0.4, 0.5) is 4.79 Å². The minimum atomic E-state index is -0.328. The molecule has 128 valence electrons. The lowest BCUT2D eigenvalue weighted by Gasteiger charge is -2.36. The third-order valence-electron chi connectivity index (χ3n) is 4.11. The molecule has 2 N–H and O–H groups in total. The van der Waals surface area contributed by atoms with E-state index < -0.39 is 0 Å². The fourth-order valence-corrected chi connectivity index (χ4v) is 4.20. The quantitative estimate of drug-likeness (QED) is 0.724.